The molecule has 0 radical (unpaired) electrons. The van der Waals surface area contributed by atoms with Crippen LogP contribution in [0.3, 0.4) is 0 Å². The number of thioether (sulfide) groups is 1. The summed E-state index contributed by atoms with van der Waals surface area (Å²) in [4.78, 5) is 1.97. The van der Waals surface area contributed by atoms with Crippen molar-refractivity contribution in [1.29, 1.82) is 0 Å². The Morgan fingerprint density at radius 3 is 2.48 bits per heavy atom. The third-order valence-electron chi connectivity index (χ3n) is 2.85. The second-order valence-corrected chi connectivity index (χ2v) is 6.78. The average molecular weight is 335 g/mol. The van der Waals surface area contributed by atoms with Gasteiger partial charge >= 0.3 is 0 Å². The molecule has 2 rings (SSSR count). The smallest absolute Gasteiger partial charge is 0.127 e. The molecule has 0 saturated carbocycles. The van der Waals surface area contributed by atoms with Gasteiger partial charge in [0.1, 0.15) is 5.75 Å². The van der Waals surface area contributed by atoms with E-state index in [0.717, 1.165) is 25.4 Å². The fourth-order valence-corrected chi connectivity index (χ4v) is 3.35. The summed E-state index contributed by atoms with van der Waals surface area (Å²) in [6.07, 6.45) is 0. The van der Waals surface area contributed by atoms with Crippen LogP contribution in [0.15, 0.2) is 57.7 Å². The third-order valence-corrected chi connectivity index (χ3v) is 5.05. The Hall–Kier alpha value is -0.970. The molecule has 0 aromatic heterocycles. The summed E-state index contributed by atoms with van der Waals surface area (Å²) in [7, 11) is 0. The van der Waals surface area contributed by atoms with Crippen LogP contribution < -0.4 is 4.74 Å². The van der Waals surface area contributed by atoms with E-state index in [1.54, 1.807) is 11.8 Å². The van der Waals surface area contributed by atoms with E-state index in [2.05, 4.69) is 50.4 Å². The van der Waals surface area contributed by atoms with E-state index >= 15 is 0 Å². The van der Waals surface area contributed by atoms with Crippen LogP contribution in [-0.4, -0.2) is 6.61 Å². The Morgan fingerprint density at radius 1 is 1.10 bits per heavy atom. The maximum Gasteiger partial charge on any atom is 0.127 e. The SMILES string of the molecule is CCOc1ccc(C)cc1/C(S)=C(/S)Sc1ccccc1. The summed E-state index contributed by atoms with van der Waals surface area (Å²) >= 11 is 10.9. The summed E-state index contributed by atoms with van der Waals surface area (Å²) in [5.74, 6) is 0.841. The molecular weight excluding hydrogens is 316 g/mol. The summed E-state index contributed by atoms with van der Waals surface area (Å²) in [5.41, 5.74) is 2.15. The van der Waals surface area contributed by atoms with Crippen LogP contribution in [0, 0.1) is 6.92 Å². The second-order valence-electron chi connectivity index (χ2n) is 4.50. The van der Waals surface area contributed by atoms with Crippen molar-refractivity contribution in [2.45, 2.75) is 18.7 Å². The van der Waals surface area contributed by atoms with E-state index < -0.39 is 0 Å². The fraction of sp³-hybridized carbons (Fsp3) is 0.176. The number of rotatable bonds is 5. The zero-order chi connectivity index (χ0) is 15.2. The monoisotopic (exact) mass is 334 g/mol. The highest BCUT2D eigenvalue weighted by Gasteiger charge is 2.11. The highest BCUT2D eigenvalue weighted by Crippen LogP contribution is 2.40. The van der Waals surface area contributed by atoms with Crippen molar-refractivity contribution in [2.75, 3.05) is 6.61 Å². The first-order valence-electron chi connectivity index (χ1n) is 6.70. The molecule has 110 valence electrons. The zero-order valence-electron chi connectivity index (χ0n) is 12.0. The standard InChI is InChI=1S/C17H18OS3/c1-3-18-15-10-9-12(2)11-14(15)16(19)17(20)21-13-7-5-4-6-8-13/h4-11,19-20H,3H2,1-2H3/b17-16+. The molecule has 0 spiro atoms. The molecule has 0 heterocycles. The molecule has 2 aromatic carbocycles. The number of aryl methyl sites for hydroxylation is 1. The van der Waals surface area contributed by atoms with Crippen LogP contribution in [0.25, 0.3) is 4.91 Å². The highest BCUT2D eigenvalue weighted by atomic mass is 32.2. The molecule has 1 nitrogen and oxygen atoms in total. The molecule has 0 aliphatic rings. The van der Waals surface area contributed by atoms with Crippen molar-refractivity contribution in [2.24, 2.45) is 0 Å². The lowest BCUT2D eigenvalue weighted by atomic mass is 10.1. The maximum atomic E-state index is 5.69. The van der Waals surface area contributed by atoms with Crippen molar-refractivity contribution in [3.05, 3.63) is 63.9 Å². The molecule has 2 aromatic rings. The van der Waals surface area contributed by atoms with Gasteiger partial charge in [0, 0.05) is 15.4 Å². The predicted molar refractivity (Wildman–Crippen MR) is 99.5 cm³/mol. The normalized spacial score (nSPS) is 12.0. The summed E-state index contributed by atoms with van der Waals surface area (Å²) in [6, 6.07) is 16.2. The van der Waals surface area contributed by atoms with Gasteiger partial charge in [-0.05, 0) is 38.1 Å². The number of hydrogen-bond donors (Lipinski definition) is 2. The molecule has 21 heavy (non-hydrogen) atoms. The molecule has 0 fully saturated rings. The molecule has 0 aliphatic carbocycles. The minimum atomic E-state index is 0.630. The van der Waals surface area contributed by atoms with Gasteiger partial charge < -0.3 is 4.74 Å². The maximum absolute atomic E-state index is 5.69. The predicted octanol–water partition coefficient (Wildman–Crippen LogP) is 5.67. The Balaban J connectivity index is 2.35. The van der Waals surface area contributed by atoms with Crippen LogP contribution in [0.4, 0.5) is 0 Å². The van der Waals surface area contributed by atoms with Gasteiger partial charge in [0.05, 0.1) is 10.8 Å². The van der Waals surface area contributed by atoms with E-state index in [9.17, 15) is 0 Å². The lowest BCUT2D eigenvalue weighted by Gasteiger charge is -2.13. The molecule has 0 aliphatic heterocycles. The Kier molecular flexibility index (Phi) is 6.15. The van der Waals surface area contributed by atoms with Crippen LogP contribution in [-0.2, 0) is 0 Å². The van der Waals surface area contributed by atoms with Crippen LogP contribution in [0.5, 0.6) is 5.75 Å². The minimum absolute atomic E-state index is 0.630. The van der Waals surface area contributed by atoms with Crippen molar-refractivity contribution < 1.29 is 4.74 Å². The minimum Gasteiger partial charge on any atom is -0.493 e. The first-order valence-corrected chi connectivity index (χ1v) is 8.42. The number of benzene rings is 2. The molecule has 0 N–H and O–H groups in total. The zero-order valence-corrected chi connectivity index (χ0v) is 14.6. The molecule has 0 unspecified atom stereocenters. The summed E-state index contributed by atoms with van der Waals surface area (Å²) in [5, 5.41) is 0. The first kappa shape index (κ1) is 16.4. The van der Waals surface area contributed by atoms with Crippen LogP contribution in [0.1, 0.15) is 18.1 Å². The van der Waals surface area contributed by atoms with E-state index in [1.807, 2.05) is 37.3 Å². The van der Waals surface area contributed by atoms with E-state index in [-0.39, 0.29) is 0 Å². The molecule has 4 heteroatoms. The highest BCUT2D eigenvalue weighted by molar-refractivity contribution is 8.17. The fourth-order valence-electron chi connectivity index (χ4n) is 1.87. The largest absolute Gasteiger partial charge is 0.493 e. The molecule has 0 atom stereocenters. The number of hydrogen-bond acceptors (Lipinski definition) is 4. The van der Waals surface area contributed by atoms with Crippen molar-refractivity contribution in [3.8, 4) is 5.75 Å². The van der Waals surface area contributed by atoms with Gasteiger partial charge in [0.25, 0.3) is 0 Å². The van der Waals surface area contributed by atoms with Gasteiger partial charge in [-0.25, -0.2) is 0 Å². The van der Waals surface area contributed by atoms with Crippen LogP contribution in [0.2, 0.25) is 0 Å². The lowest BCUT2D eigenvalue weighted by molar-refractivity contribution is 0.339. The van der Waals surface area contributed by atoms with Crippen molar-refractivity contribution in [1.82, 2.24) is 0 Å². The molecular formula is C17H18OS3. The second kappa shape index (κ2) is 7.87. The summed E-state index contributed by atoms with van der Waals surface area (Å²) in [6.45, 7) is 4.67. The number of ether oxygens (including phenoxy) is 1. The van der Waals surface area contributed by atoms with Gasteiger partial charge in [0.2, 0.25) is 0 Å². The van der Waals surface area contributed by atoms with Gasteiger partial charge in [-0.2, -0.15) is 0 Å². The first-order chi connectivity index (χ1) is 10.1. The third kappa shape index (κ3) is 4.50. The van der Waals surface area contributed by atoms with Crippen molar-refractivity contribution >= 4 is 41.9 Å². The molecule has 0 amide bonds. The lowest BCUT2D eigenvalue weighted by Crippen LogP contribution is -1.95. The number of thiol groups is 2. The Bertz CT molecular complexity index is 636. The van der Waals surface area contributed by atoms with Gasteiger partial charge in [-0.3, -0.25) is 0 Å². The van der Waals surface area contributed by atoms with E-state index in [1.165, 1.54) is 5.56 Å². The topological polar surface area (TPSA) is 9.23 Å². The Labute approximate surface area is 141 Å². The van der Waals surface area contributed by atoms with E-state index in [0.29, 0.717) is 6.61 Å². The molecule has 0 saturated heterocycles. The van der Waals surface area contributed by atoms with Crippen LogP contribution >= 0.6 is 37.0 Å². The quantitative estimate of drug-likeness (QED) is 0.538. The van der Waals surface area contributed by atoms with Gasteiger partial charge in [0.15, 0.2) is 0 Å². The average Bonchev–Trinajstić information content (AvgIpc) is 2.49. The molecule has 0 bridgehead atoms. The summed E-state index contributed by atoms with van der Waals surface area (Å²) < 4.78 is 6.54. The van der Waals surface area contributed by atoms with E-state index in [4.69, 9.17) is 4.74 Å². The van der Waals surface area contributed by atoms with Gasteiger partial charge in [-0.15, -0.1) is 25.3 Å². The Morgan fingerprint density at radius 2 is 1.81 bits per heavy atom. The van der Waals surface area contributed by atoms with Gasteiger partial charge in [-0.1, -0.05) is 41.6 Å². The van der Waals surface area contributed by atoms with Crippen molar-refractivity contribution in [3.63, 3.8) is 0 Å².